The molecule has 26 heavy (non-hydrogen) atoms. The number of aromatic nitrogens is 2. The molecule has 2 aliphatic rings. The first-order chi connectivity index (χ1) is 12.5. The maximum absolute atomic E-state index is 10.8. The Balaban J connectivity index is 1.35. The van der Waals surface area contributed by atoms with Gasteiger partial charge in [0.2, 0.25) is 0 Å². The summed E-state index contributed by atoms with van der Waals surface area (Å²) in [6.07, 6.45) is 1.39. The molecule has 0 aliphatic carbocycles. The number of fused-ring (bicyclic) bond motifs is 1. The zero-order valence-electron chi connectivity index (χ0n) is 14.5. The fourth-order valence-electron chi connectivity index (χ4n) is 3.17. The van der Waals surface area contributed by atoms with Crippen molar-refractivity contribution in [3.8, 4) is 11.8 Å². The summed E-state index contributed by atoms with van der Waals surface area (Å²) in [5.41, 5.74) is 0.539. The van der Waals surface area contributed by atoms with Gasteiger partial charge in [0.15, 0.2) is 5.60 Å². The molecule has 0 amide bonds. The minimum atomic E-state index is -0.611. The van der Waals surface area contributed by atoms with Gasteiger partial charge < -0.3 is 29.2 Å². The maximum atomic E-state index is 10.8. The monoisotopic (exact) mass is 360 g/mol. The molecule has 9 heteroatoms. The van der Waals surface area contributed by atoms with Crippen LogP contribution in [0.25, 0.3) is 0 Å². The molecule has 0 bridgehead atoms. The smallest absolute Gasteiger partial charge is 0.415 e. The van der Waals surface area contributed by atoms with E-state index in [9.17, 15) is 10.1 Å². The lowest BCUT2D eigenvalue weighted by atomic mass is 10.1. The van der Waals surface area contributed by atoms with Crippen LogP contribution in [0, 0.1) is 10.1 Å². The van der Waals surface area contributed by atoms with E-state index in [1.807, 2.05) is 31.2 Å². The van der Waals surface area contributed by atoms with E-state index in [0.717, 1.165) is 37.7 Å². The van der Waals surface area contributed by atoms with Crippen molar-refractivity contribution in [1.29, 1.82) is 0 Å². The summed E-state index contributed by atoms with van der Waals surface area (Å²) in [7, 11) is 0. The summed E-state index contributed by atoms with van der Waals surface area (Å²) >= 11 is 0. The van der Waals surface area contributed by atoms with E-state index < -0.39 is 10.5 Å². The van der Waals surface area contributed by atoms with Gasteiger partial charge in [-0.15, -0.1) is 0 Å². The van der Waals surface area contributed by atoms with Gasteiger partial charge in [0.1, 0.15) is 18.6 Å². The number of rotatable bonds is 5. The molecule has 0 N–H and O–H groups in total. The Morgan fingerprint density at radius 2 is 2.04 bits per heavy atom. The van der Waals surface area contributed by atoms with Gasteiger partial charge in [-0.05, 0) is 36.1 Å². The van der Waals surface area contributed by atoms with Crippen molar-refractivity contribution in [3.05, 3.63) is 40.6 Å². The van der Waals surface area contributed by atoms with Crippen molar-refractivity contribution < 1.29 is 19.1 Å². The molecule has 1 atom stereocenters. The lowest BCUT2D eigenvalue weighted by Gasteiger charge is -2.29. The average molecular weight is 360 g/mol. The molecule has 9 nitrogen and oxygen atoms in total. The Morgan fingerprint density at radius 1 is 1.31 bits per heavy atom. The number of ether oxygens (including phenoxy) is 3. The van der Waals surface area contributed by atoms with Crippen molar-refractivity contribution in [1.82, 2.24) is 9.55 Å². The lowest BCUT2D eigenvalue weighted by Crippen LogP contribution is -2.38. The molecule has 0 saturated carbocycles. The highest BCUT2D eigenvalue weighted by molar-refractivity contribution is 5.49. The van der Waals surface area contributed by atoms with Gasteiger partial charge in [-0.1, -0.05) is 0 Å². The standard InChI is InChI=1S/C17H20N4O5/c1-17(11-20-10-15(21(22)23)18-16(20)26-17)12-25-14-4-2-13(3-5-14)19-6-8-24-9-7-19/h2-5,10H,6-9,11-12H2,1H3/t17-/m1/s1. The quantitative estimate of drug-likeness (QED) is 0.593. The highest BCUT2D eigenvalue weighted by atomic mass is 16.6. The molecule has 1 aromatic carbocycles. The van der Waals surface area contributed by atoms with Crippen LogP contribution in [0.4, 0.5) is 11.5 Å². The molecule has 138 valence electrons. The predicted octanol–water partition coefficient (Wildman–Crippen LogP) is 1.86. The fraction of sp³-hybridized carbons (Fsp3) is 0.471. The van der Waals surface area contributed by atoms with E-state index in [-0.39, 0.29) is 11.8 Å². The molecule has 2 aromatic rings. The van der Waals surface area contributed by atoms with Crippen LogP contribution in [-0.4, -0.2) is 53.0 Å². The molecule has 2 aliphatic heterocycles. The number of nitro groups is 1. The largest absolute Gasteiger partial charge is 0.489 e. The minimum Gasteiger partial charge on any atom is -0.489 e. The van der Waals surface area contributed by atoms with Crippen molar-refractivity contribution in [2.24, 2.45) is 0 Å². The second kappa shape index (κ2) is 6.49. The van der Waals surface area contributed by atoms with Gasteiger partial charge in [0.25, 0.3) is 0 Å². The number of anilines is 1. The summed E-state index contributed by atoms with van der Waals surface area (Å²) < 4.78 is 18.6. The van der Waals surface area contributed by atoms with E-state index >= 15 is 0 Å². The first kappa shape index (κ1) is 16.6. The summed E-state index contributed by atoms with van der Waals surface area (Å²) in [6, 6.07) is 8.20. The van der Waals surface area contributed by atoms with Crippen LogP contribution in [0.3, 0.4) is 0 Å². The predicted molar refractivity (Wildman–Crippen MR) is 92.9 cm³/mol. The molecular formula is C17H20N4O5. The highest BCUT2D eigenvalue weighted by Crippen LogP contribution is 2.31. The van der Waals surface area contributed by atoms with Crippen LogP contribution in [0.15, 0.2) is 30.5 Å². The van der Waals surface area contributed by atoms with Crippen molar-refractivity contribution >= 4 is 11.5 Å². The zero-order chi connectivity index (χ0) is 18.1. The second-order valence-corrected chi connectivity index (χ2v) is 6.70. The van der Waals surface area contributed by atoms with Crippen molar-refractivity contribution in [2.75, 3.05) is 37.8 Å². The normalized spacial score (nSPS) is 22.0. The van der Waals surface area contributed by atoms with Gasteiger partial charge in [-0.25, -0.2) is 0 Å². The third-order valence-electron chi connectivity index (χ3n) is 4.51. The maximum Gasteiger partial charge on any atom is 0.415 e. The molecule has 0 spiro atoms. The van der Waals surface area contributed by atoms with Crippen LogP contribution in [-0.2, 0) is 11.3 Å². The Morgan fingerprint density at radius 3 is 2.69 bits per heavy atom. The zero-order valence-corrected chi connectivity index (χ0v) is 14.5. The SMILES string of the molecule is C[C@]1(COc2ccc(N3CCOCC3)cc2)Cn2cc([N+](=O)[O-])nc2O1. The van der Waals surface area contributed by atoms with Crippen LogP contribution >= 0.6 is 0 Å². The summed E-state index contributed by atoms with van der Waals surface area (Å²) in [5.74, 6) is 0.545. The first-order valence-electron chi connectivity index (χ1n) is 8.49. The number of nitrogens with zero attached hydrogens (tertiary/aromatic N) is 4. The third kappa shape index (κ3) is 3.30. The number of benzene rings is 1. The molecule has 1 fully saturated rings. The van der Waals surface area contributed by atoms with Crippen LogP contribution in [0.5, 0.6) is 11.8 Å². The van der Waals surface area contributed by atoms with Gasteiger partial charge in [0, 0.05) is 23.8 Å². The minimum absolute atomic E-state index is 0.207. The van der Waals surface area contributed by atoms with Gasteiger partial charge >= 0.3 is 11.8 Å². The van der Waals surface area contributed by atoms with Crippen LogP contribution in [0.2, 0.25) is 0 Å². The fourth-order valence-corrected chi connectivity index (χ4v) is 3.17. The van der Waals surface area contributed by atoms with Gasteiger partial charge in [-0.2, -0.15) is 0 Å². The molecule has 0 radical (unpaired) electrons. The Hall–Kier alpha value is -2.81. The summed E-state index contributed by atoms with van der Waals surface area (Å²) in [5, 5.41) is 10.8. The van der Waals surface area contributed by atoms with Gasteiger partial charge in [-0.3, -0.25) is 4.57 Å². The van der Waals surface area contributed by atoms with Crippen molar-refractivity contribution in [2.45, 2.75) is 19.1 Å². The third-order valence-corrected chi connectivity index (χ3v) is 4.51. The Bertz CT molecular complexity index is 774. The molecule has 4 rings (SSSR count). The van der Waals surface area contributed by atoms with Gasteiger partial charge in [0.05, 0.1) is 19.8 Å². The highest BCUT2D eigenvalue weighted by Gasteiger charge is 2.41. The lowest BCUT2D eigenvalue weighted by molar-refractivity contribution is -0.389. The van der Waals surface area contributed by atoms with Crippen LogP contribution in [0.1, 0.15) is 6.92 Å². The van der Waals surface area contributed by atoms with E-state index in [0.29, 0.717) is 13.2 Å². The topological polar surface area (TPSA) is 91.9 Å². The number of hydrogen-bond acceptors (Lipinski definition) is 7. The van der Waals surface area contributed by atoms with E-state index in [1.54, 1.807) is 4.57 Å². The molecule has 1 saturated heterocycles. The van der Waals surface area contributed by atoms with E-state index in [2.05, 4.69) is 9.88 Å². The molecule has 3 heterocycles. The second-order valence-electron chi connectivity index (χ2n) is 6.70. The van der Waals surface area contributed by atoms with Crippen molar-refractivity contribution in [3.63, 3.8) is 0 Å². The first-order valence-corrected chi connectivity index (χ1v) is 8.49. The van der Waals surface area contributed by atoms with E-state index in [1.165, 1.54) is 6.20 Å². The van der Waals surface area contributed by atoms with E-state index in [4.69, 9.17) is 14.2 Å². The summed E-state index contributed by atoms with van der Waals surface area (Å²) in [6.45, 7) is 5.96. The molecular weight excluding hydrogens is 340 g/mol. The van der Waals surface area contributed by atoms with Crippen LogP contribution < -0.4 is 14.4 Å². The molecule has 1 aromatic heterocycles. The summed E-state index contributed by atoms with van der Waals surface area (Å²) in [4.78, 5) is 16.4. The Labute approximate surface area is 150 Å². The molecule has 0 unspecified atom stereocenters. The number of imidazole rings is 1. The number of morpholine rings is 1. The number of hydrogen-bond donors (Lipinski definition) is 0. The average Bonchev–Trinajstić information content (AvgIpc) is 3.17. The Kier molecular flexibility index (Phi) is 4.15.